The molecule has 1 heterocycles. The number of amides is 2. The Morgan fingerprint density at radius 3 is 2.63 bits per heavy atom. The standard InChI is InChI=1S/C14H24N2O3/c1-2-11(13(17)18)15-14(19)16-9-5-7-10-6-3-4-8-12(10)16/h10-12H,2-9H2,1H3,(H,15,19)(H,17,18). The summed E-state index contributed by atoms with van der Waals surface area (Å²) in [5, 5.41) is 11.7. The van der Waals surface area contributed by atoms with Crippen molar-refractivity contribution in [2.75, 3.05) is 6.54 Å². The smallest absolute Gasteiger partial charge is 0.326 e. The van der Waals surface area contributed by atoms with Gasteiger partial charge in [-0.05, 0) is 38.0 Å². The topological polar surface area (TPSA) is 69.6 Å². The number of carbonyl (C=O) groups is 2. The second kappa shape index (κ2) is 6.26. The zero-order chi connectivity index (χ0) is 13.8. The lowest BCUT2D eigenvalue weighted by molar-refractivity contribution is -0.139. The number of likely N-dealkylation sites (tertiary alicyclic amines) is 1. The summed E-state index contributed by atoms with van der Waals surface area (Å²) >= 11 is 0. The highest BCUT2D eigenvalue weighted by Crippen LogP contribution is 2.35. The van der Waals surface area contributed by atoms with Gasteiger partial charge in [-0.2, -0.15) is 0 Å². The highest BCUT2D eigenvalue weighted by molar-refractivity contribution is 5.82. The largest absolute Gasteiger partial charge is 0.480 e. The Morgan fingerprint density at radius 2 is 1.95 bits per heavy atom. The monoisotopic (exact) mass is 268 g/mol. The van der Waals surface area contributed by atoms with E-state index in [1.165, 1.54) is 25.7 Å². The van der Waals surface area contributed by atoms with Crippen LogP contribution in [0.4, 0.5) is 4.79 Å². The molecule has 0 aromatic rings. The third kappa shape index (κ3) is 3.19. The van der Waals surface area contributed by atoms with Gasteiger partial charge in [0.15, 0.2) is 0 Å². The number of carboxylic acids is 1. The van der Waals surface area contributed by atoms with Gasteiger partial charge in [-0.15, -0.1) is 0 Å². The second-order valence-corrected chi connectivity index (χ2v) is 5.70. The molecule has 3 unspecified atom stereocenters. The summed E-state index contributed by atoms with van der Waals surface area (Å²) in [6.07, 6.45) is 7.41. The number of nitrogens with one attached hydrogen (secondary N) is 1. The van der Waals surface area contributed by atoms with Crippen LogP contribution in [0.15, 0.2) is 0 Å². The van der Waals surface area contributed by atoms with Gasteiger partial charge in [0.05, 0.1) is 0 Å². The number of fused-ring (bicyclic) bond motifs is 1. The second-order valence-electron chi connectivity index (χ2n) is 5.70. The Balaban J connectivity index is 1.98. The fourth-order valence-corrected chi connectivity index (χ4v) is 3.45. The third-order valence-corrected chi connectivity index (χ3v) is 4.51. The highest BCUT2D eigenvalue weighted by Gasteiger charge is 2.36. The molecule has 0 aromatic carbocycles. The SMILES string of the molecule is CCC(NC(=O)N1CCCC2CCCCC21)C(=O)O. The number of hydrogen-bond acceptors (Lipinski definition) is 2. The van der Waals surface area contributed by atoms with Gasteiger partial charge in [-0.25, -0.2) is 9.59 Å². The molecule has 5 nitrogen and oxygen atoms in total. The van der Waals surface area contributed by atoms with Gasteiger partial charge in [0.25, 0.3) is 0 Å². The number of aliphatic carboxylic acids is 1. The molecule has 19 heavy (non-hydrogen) atoms. The van der Waals surface area contributed by atoms with Crippen molar-refractivity contribution < 1.29 is 14.7 Å². The zero-order valence-electron chi connectivity index (χ0n) is 11.6. The minimum absolute atomic E-state index is 0.189. The molecule has 1 aliphatic heterocycles. The van der Waals surface area contributed by atoms with E-state index in [-0.39, 0.29) is 6.03 Å². The molecule has 108 valence electrons. The Kier molecular flexibility index (Phi) is 4.66. The molecule has 1 aliphatic carbocycles. The first-order chi connectivity index (χ1) is 9.13. The van der Waals surface area contributed by atoms with Crippen molar-refractivity contribution in [1.82, 2.24) is 10.2 Å². The Labute approximate surface area is 114 Å². The molecule has 5 heteroatoms. The predicted molar refractivity (Wildman–Crippen MR) is 71.9 cm³/mol. The van der Waals surface area contributed by atoms with E-state index in [1.54, 1.807) is 6.92 Å². The van der Waals surface area contributed by atoms with E-state index in [0.717, 1.165) is 19.4 Å². The van der Waals surface area contributed by atoms with Crippen molar-refractivity contribution in [2.45, 2.75) is 64.0 Å². The van der Waals surface area contributed by atoms with Crippen LogP contribution in [0.2, 0.25) is 0 Å². The average Bonchev–Trinajstić information content (AvgIpc) is 2.43. The van der Waals surface area contributed by atoms with E-state index in [4.69, 9.17) is 5.11 Å². The van der Waals surface area contributed by atoms with E-state index in [0.29, 0.717) is 18.4 Å². The molecule has 2 aliphatic rings. The van der Waals surface area contributed by atoms with E-state index in [9.17, 15) is 9.59 Å². The van der Waals surface area contributed by atoms with Crippen molar-refractivity contribution in [3.63, 3.8) is 0 Å². The lowest BCUT2D eigenvalue weighted by Gasteiger charge is -2.44. The minimum atomic E-state index is -0.951. The van der Waals surface area contributed by atoms with Gasteiger partial charge >= 0.3 is 12.0 Å². The molecular weight excluding hydrogens is 244 g/mol. The maximum atomic E-state index is 12.3. The summed E-state index contributed by atoms with van der Waals surface area (Å²) in [4.78, 5) is 25.2. The van der Waals surface area contributed by atoms with E-state index < -0.39 is 12.0 Å². The molecular formula is C14H24N2O3. The summed E-state index contributed by atoms with van der Waals surface area (Å²) in [7, 11) is 0. The first kappa shape index (κ1) is 14.2. The van der Waals surface area contributed by atoms with Crippen molar-refractivity contribution in [3.8, 4) is 0 Å². The van der Waals surface area contributed by atoms with Crippen molar-refractivity contribution >= 4 is 12.0 Å². The van der Waals surface area contributed by atoms with Crippen LogP contribution in [0.25, 0.3) is 0 Å². The number of carboxylic acid groups (broad SMARTS) is 1. The molecule has 0 aromatic heterocycles. The molecule has 0 bridgehead atoms. The van der Waals surface area contributed by atoms with Crippen LogP contribution in [0, 0.1) is 5.92 Å². The number of nitrogens with zero attached hydrogens (tertiary/aromatic N) is 1. The van der Waals surface area contributed by atoms with Gasteiger partial charge in [0.1, 0.15) is 6.04 Å². The van der Waals surface area contributed by atoms with Crippen LogP contribution in [0.1, 0.15) is 51.9 Å². The first-order valence-corrected chi connectivity index (χ1v) is 7.43. The van der Waals surface area contributed by atoms with Gasteiger partial charge in [0.2, 0.25) is 0 Å². The van der Waals surface area contributed by atoms with E-state index >= 15 is 0 Å². The molecule has 1 saturated carbocycles. The summed E-state index contributed by atoms with van der Waals surface area (Å²) < 4.78 is 0. The van der Waals surface area contributed by atoms with Gasteiger partial charge in [0, 0.05) is 12.6 Å². The fourth-order valence-electron chi connectivity index (χ4n) is 3.45. The minimum Gasteiger partial charge on any atom is -0.480 e. The number of rotatable bonds is 3. The van der Waals surface area contributed by atoms with Crippen molar-refractivity contribution in [3.05, 3.63) is 0 Å². The number of piperidine rings is 1. The maximum absolute atomic E-state index is 12.3. The number of hydrogen-bond donors (Lipinski definition) is 2. The molecule has 1 saturated heterocycles. The number of urea groups is 1. The summed E-state index contributed by atoms with van der Waals surface area (Å²) in [5.41, 5.74) is 0. The Hall–Kier alpha value is -1.26. The number of carbonyl (C=O) groups excluding carboxylic acids is 1. The summed E-state index contributed by atoms with van der Waals surface area (Å²) in [6, 6.07) is -0.629. The normalized spacial score (nSPS) is 28.4. The van der Waals surface area contributed by atoms with Crippen LogP contribution in [-0.4, -0.2) is 40.6 Å². The van der Waals surface area contributed by atoms with Crippen molar-refractivity contribution in [2.24, 2.45) is 5.92 Å². The molecule has 2 N–H and O–H groups in total. The van der Waals surface area contributed by atoms with E-state index in [2.05, 4.69) is 5.32 Å². The van der Waals surface area contributed by atoms with Crippen LogP contribution >= 0.6 is 0 Å². The summed E-state index contributed by atoms with van der Waals surface area (Å²) in [6.45, 7) is 2.54. The van der Waals surface area contributed by atoms with Crippen LogP contribution in [-0.2, 0) is 4.79 Å². The third-order valence-electron chi connectivity index (χ3n) is 4.51. The molecule has 2 amide bonds. The Morgan fingerprint density at radius 1 is 1.26 bits per heavy atom. The lowest BCUT2D eigenvalue weighted by Crippen LogP contribution is -2.55. The predicted octanol–water partition coefficient (Wildman–Crippen LogP) is 2.21. The van der Waals surface area contributed by atoms with E-state index in [1.807, 2.05) is 4.90 Å². The van der Waals surface area contributed by atoms with Gasteiger partial charge in [-0.1, -0.05) is 19.8 Å². The fraction of sp³-hybridized carbons (Fsp3) is 0.857. The van der Waals surface area contributed by atoms with Crippen molar-refractivity contribution in [1.29, 1.82) is 0 Å². The average molecular weight is 268 g/mol. The molecule has 0 radical (unpaired) electrons. The molecule has 3 atom stereocenters. The quantitative estimate of drug-likeness (QED) is 0.824. The first-order valence-electron chi connectivity index (χ1n) is 7.43. The maximum Gasteiger partial charge on any atom is 0.326 e. The molecule has 2 rings (SSSR count). The van der Waals surface area contributed by atoms with Crippen LogP contribution < -0.4 is 5.32 Å². The van der Waals surface area contributed by atoms with Crippen LogP contribution in [0.3, 0.4) is 0 Å². The van der Waals surface area contributed by atoms with Gasteiger partial charge < -0.3 is 15.3 Å². The Bertz CT molecular complexity index is 344. The summed E-state index contributed by atoms with van der Waals surface area (Å²) in [5.74, 6) is -0.328. The highest BCUT2D eigenvalue weighted by atomic mass is 16.4. The zero-order valence-corrected chi connectivity index (χ0v) is 11.6. The molecule has 0 spiro atoms. The van der Waals surface area contributed by atoms with Gasteiger partial charge in [-0.3, -0.25) is 0 Å². The lowest BCUT2D eigenvalue weighted by atomic mass is 9.78. The molecule has 2 fully saturated rings. The van der Waals surface area contributed by atoms with Crippen LogP contribution in [0.5, 0.6) is 0 Å².